The van der Waals surface area contributed by atoms with Crippen LogP contribution in [0.5, 0.6) is 0 Å². The van der Waals surface area contributed by atoms with Crippen molar-refractivity contribution in [1.82, 2.24) is 0 Å². The smallest absolute Gasteiger partial charge is 0.145 e. The van der Waals surface area contributed by atoms with Crippen molar-refractivity contribution < 1.29 is 13.9 Å². The second-order valence-corrected chi connectivity index (χ2v) is 4.73. The van der Waals surface area contributed by atoms with Crippen LogP contribution in [0, 0.1) is 11.6 Å². The van der Waals surface area contributed by atoms with Gasteiger partial charge in [-0.3, -0.25) is 0 Å². The molecule has 0 bridgehead atoms. The van der Waals surface area contributed by atoms with Gasteiger partial charge in [-0.2, -0.15) is 0 Å². The molecular weight excluding hydrogens is 268 g/mol. The Bertz CT molecular complexity index is 405. The van der Waals surface area contributed by atoms with Crippen LogP contribution in [0.25, 0.3) is 0 Å². The number of hydrogen-bond donors (Lipinski definition) is 2. The first-order valence-electron chi connectivity index (χ1n) is 4.55. The highest BCUT2D eigenvalue weighted by molar-refractivity contribution is 9.10. The molecule has 15 heavy (non-hydrogen) atoms. The van der Waals surface area contributed by atoms with Crippen molar-refractivity contribution in [1.29, 1.82) is 0 Å². The van der Waals surface area contributed by atoms with Crippen LogP contribution in [-0.4, -0.2) is 11.2 Å². The summed E-state index contributed by atoms with van der Waals surface area (Å²) in [5.41, 5.74) is 5.28. The van der Waals surface area contributed by atoms with Gasteiger partial charge in [0.15, 0.2) is 0 Å². The number of halogens is 3. The Balaban J connectivity index is 2.42. The van der Waals surface area contributed by atoms with Crippen molar-refractivity contribution in [2.45, 2.75) is 24.5 Å². The summed E-state index contributed by atoms with van der Waals surface area (Å²) in [4.78, 5) is 0. The zero-order chi connectivity index (χ0) is 11.2. The molecule has 1 aliphatic carbocycles. The third-order valence-electron chi connectivity index (χ3n) is 2.77. The van der Waals surface area contributed by atoms with Crippen LogP contribution in [0.3, 0.4) is 0 Å². The van der Waals surface area contributed by atoms with Crippen LogP contribution in [0.4, 0.5) is 8.78 Å². The summed E-state index contributed by atoms with van der Waals surface area (Å²) in [5.74, 6) is -1.33. The molecule has 1 saturated carbocycles. The van der Waals surface area contributed by atoms with Gasteiger partial charge in [0.25, 0.3) is 0 Å². The molecule has 1 aromatic rings. The van der Waals surface area contributed by atoms with Crippen molar-refractivity contribution in [3.63, 3.8) is 0 Å². The van der Waals surface area contributed by atoms with Gasteiger partial charge in [0.05, 0.1) is 10.6 Å². The van der Waals surface area contributed by atoms with E-state index in [0.29, 0.717) is 12.8 Å². The summed E-state index contributed by atoms with van der Waals surface area (Å²) >= 11 is 2.82. The Labute approximate surface area is 94.2 Å². The van der Waals surface area contributed by atoms with E-state index in [2.05, 4.69) is 15.9 Å². The fourth-order valence-corrected chi connectivity index (χ4v) is 2.26. The molecule has 1 aliphatic rings. The van der Waals surface area contributed by atoms with Gasteiger partial charge >= 0.3 is 0 Å². The van der Waals surface area contributed by atoms with Gasteiger partial charge in [0.1, 0.15) is 11.6 Å². The lowest BCUT2D eigenvalue weighted by Crippen LogP contribution is -2.52. The summed E-state index contributed by atoms with van der Waals surface area (Å²) in [7, 11) is 0. The third kappa shape index (κ3) is 1.68. The van der Waals surface area contributed by atoms with E-state index in [9.17, 15) is 13.9 Å². The van der Waals surface area contributed by atoms with E-state index in [4.69, 9.17) is 5.73 Å². The van der Waals surface area contributed by atoms with E-state index in [1.54, 1.807) is 0 Å². The molecule has 0 aliphatic heterocycles. The maximum absolute atomic E-state index is 13.7. The van der Waals surface area contributed by atoms with Crippen LogP contribution in [0.15, 0.2) is 16.6 Å². The molecule has 2 nitrogen and oxygen atoms in total. The molecule has 0 saturated heterocycles. The fourth-order valence-electron chi connectivity index (χ4n) is 1.91. The number of hydrogen-bond acceptors (Lipinski definition) is 2. The highest BCUT2D eigenvalue weighted by Gasteiger charge is 2.43. The summed E-state index contributed by atoms with van der Waals surface area (Å²) < 4.78 is 26.4. The molecular formula is C10H10BrF2NO. The normalized spacial score (nSPS) is 30.1. The molecule has 5 heteroatoms. The molecule has 0 heterocycles. The molecule has 0 amide bonds. The van der Waals surface area contributed by atoms with E-state index in [1.165, 1.54) is 12.1 Å². The molecule has 1 fully saturated rings. The van der Waals surface area contributed by atoms with Crippen LogP contribution in [0.1, 0.15) is 18.4 Å². The molecule has 0 radical (unpaired) electrons. The Morgan fingerprint density at radius 2 is 2.00 bits per heavy atom. The first kappa shape index (κ1) is 11.0. The maximum atomic E-state index is 13.7. The van der Waals surface area contributed by atoms with Crippen LogP contribution >= 0.6 is 15.9 Å². The van der Waals surface area contributed by atoms with Gasteiger partial charge in [-0.15, -0.1) is 0 Å². The minimum atomic E-state index is -0.861. The predicted octanol–water partition coefficient (Wildman–Crippen LogP) is 2.04. The molecule has 0 atom stereocenters. The minimum Gasteiger partial charge on any atom is -0.393 e. The second-order valence-electron chi connectivity index (χ2n) is 3.94. The molecule has 3 N–H and O–H groups in total. The molecule has 0 spiro atoms. The highest BCUT2D eigenvalue weighted by Crippen LogP contribution is 2.41. The summed E-state index contributed by atoms with van der Waals surface area (Å²) in [6.45, 7) is 0. The number of rotatable bonds is 1. The predicted molar refractivity (Wildman–Crippen MR) is 55.2 cm³/mol. The van der Waals surface area contributed by atoms with Crippen molar-refractivity contribution in [2.24, 2.45) is 5.73 Å². The van der Waals surface area contributed by atoms with E-state index < -0.39 is 23.3 Å². The number of aliphatic hydroxyl groups is 1. The van der Waals surface area contributed by atoms with Gasteiger partial charge in [-0.1, -0.05) is 6.07 Å². The zero-order valence-corrected chi connectivity index (χ0v) is 9.39. The molecule has 0 unspecified atom stereocenters. The van der Waals surface area contributed by atoms with Crippen molar-refractivity contribution in [3.05, 3.63) is 33.8 Å². The molecule has 2 rings (SSSR count). The number of aliphatic hydroxyl groups excluding tert-OH is 1. The standard InChI is InChI=1S/C10H10BrF2NO/c11-8-7(12)2-1-6(9(8)13)10(14)3-5(15)4-10/h1-2,5,15H,3-4,14H2. The SMILES string of the molecule is NC1(c2ccc(F)c(Br)c2F)CC(O)C1. The number of nitrogens with two attached hydrogens (primary N) is 1. The van der Waals surface area contributed by atoms with Crippen LogP contribution < -0.4 is 5.73 Å². The van der Waals surface area contributed by atoms with E-state index >= 15 is 0 Å². The molecule has 0 aromatic heterocycles. The van der Waals surface area contributed by atoms with Gasteiger partial charge in [-0.05, 0) is 34.8 Å². The quantitative estimate of drug-likeness (QED) is 0.772. The third-order valence-corrected chi connectivity index (χ3v) is 3.50. The second kappa shape index (κ2) is 3.50. The first-order chi connectivity index (χ1) is 6.94. The summed E-state index contributed by atoms with van der Waals surface area (Å²) in [5, 5.41) is 9.17. The topological polar surface area (TPSA) is 46.2 Å². The monoisotopic (exact) mass is 277 g/mol. The maximum Gasteiger partial charge on any atom is 0.145 e. The number of benzene rings is 1. The van der Waals surface area contributed by atoms with Gasteiger partial charge in [0, 0.05) is 11.1 Å². The van der Waals surface area contributed by atoms with Crippen molar-refractivity contribution >= 4 is 15.9 Å². The molecule has 1 aromatic carbocycles. The lowest BCUT2D eigenvalue weighted by atomic mass is 9.70. The lowest BCUT2D eigenvalue weighted by Gasteiger charge is -2.42. The largest absolute Gasteiger partial charge is 0.393 e. The Kier molecular flexibility index (Phi) is 2.56. The average Bonchev–Trinajstić information content (AvgIpc) is 2.12. The minimum absolute atomic E-state index is 0.203. The van der Waals surface area contributed by atoms with E-state index in [1.807, 2.05) is 0 Å². The van der Waals surface area contributed by atoms with Crippen LogP contribution in [0.2, 0.25) is 0 Å². The molecule has 82 valence electrons. The van der Waals surface area contributed by atoms with Crippen molar-refractivity contribution in [3.8, 4) is 0 Å². The van der Waals surface area contributed by atoms with E-state index in [-0.39, 0.29) is 10.0 Å². The lowest BCUT2D eigenvalue weighted by molar-refractivity contribution is 0.0192. The average molecular weight is 278 g/mol. The summed E-state index contributed by atoms with van der Waals surface area (Å²) in [6, 6.07) is 2.50. The van der Waals surface area contributed by atoms with Crippen LogP contribution in [-0.2, 0) is 5.54 Å². The van der Waals surface area contributed by atoms with Gasteiger partial charge in [0.2, 0.25) is 0 Å². The van der Waals surface area contributed by atoms with E-state index in [0.717, 1.165) is 0 Å². The highest BCUT2D eigenvalue weighted by atomic mass is 79.9. The first-order valence-corrected chi connectivity index (χ1v) is 5.34. The Morgan fingerprint density at radius 3 is 2.53 bits per heavy atom. The van der Waals surface area contributed by atoms with Crippen molar-refractivity contribution in [2.75, 3.05) is 0 Å². The van der Waals surface area contributed by atoms with Gasteiger partial charge < -0.3 is 10.8 Å². The fraction of sp³-hybridized carbons (Fsp3) is 0.400. The summed E-state index contributed by atoms with van der Waals surface area (Å²) in [6.07, 6.45) is 0.127. The Morgan fingerprint density at radius 1 is 1.40 bits per heavy atom. The van der Waals surface area contributed by atoms with Gasteiger partial charge in [-0.25, -0.2) is 8.78 Å². The zero-order valence-electron chi connectivity index (χ0n) is 7.80. The Hall–Kier alpha value is -0.520.